The van der Waals surface area contributed by atoms with E-state index in [1.165, 1.54) is 23.5 Å². The van der Waals surface area contributed by atoms with Gasteiger partial charge in [-0.15, -0.1) is 22.7 Å². The molecule has 0 bridgehead atoms. The molecule has 0 unspecified atom stereocenters. The number of hydrogen-bond donors (Lipinski definition) is 0. The number of benzene rings is 1. The fourth-order valence-electron chi connectivity index (χ4n) is 3.46. The third-order valence-electron chi connectivity index (χ3n) is 4.96. The number of imidazole rings is 1. The Labute approximate surface area is 169 Å². The third kappa shape index (κ3) is 3.08. The van der Waals surface area contributed by atoms with Gasteiger partial charge in [-0.05, 0) is 35.7 Å². The van der Waals surface area contributed by atoms with Crippen molar-refractivity contribution < 1.29 is 9.18 Å². The average molecular weight is 413 g/mol. The standard InChI is InChI=1S/C20H17FN4OS2/c21-14-3-5-15(6-4-14)23-7-9-24(10-8-23)19(26)17-13-28-20-22-16(12-25(17)20)18-2-1-11-27-18/h1-6,11-13H,7-10H2. The number of anilines is 1. The molecule has 0 N–H and O–H groups in total. The first kappa shape index (κ1) is 17.4. The van der Waals surface area contributed by atoms with E-state index in [9.17, 15) is 9.18 Å². The van der Waals surface area contributed by atoms with Crippen LogP contribution in [0.2, 0.25) is 0 Å². The normalized spacial score (nSPS) is 14.8. The van der Waals surface area contributed by atoms with Gasteiger partial charge in [0.2, 0.25) is 0 Å². The maximum absolute atomic E-state index is 13.1. The number of nitrogens with zero attached hydrogens (tertiary/aromatic N) is 4. The Kier molecular flexibility index (Phi) is 4.37. The van der Waals surface area contributed by atoms with Gasteiger partial charge in [-0.25, -0.2) is 9.37 Å². The van der Waals surface area contributed by atoms with Gasteiger partial charge in [0.15, 0.2) is 4.96 Å². The number of carbonyl (C=O) groups excluding carboxylic acids is 1. The van der Waals surface area contributed by atoms with E-state index in [1.807, 2.05) is 38.4 Å². The maximum Gasteiger partial charge on any atom is 0.271 e. The van der Waals surface area contributed by atoms with Gasteiger partial charge in [0.1, 0.15) is 17.2 Å². The van der Waals surface area contributed by atoms with Gasteiger partial charge in [-0.2, -0.15) is 0 Å². The molecule has 5 rings (SSSR count). The van der Waals surface area contributed by atoms with Crippen LogP contribution in [0.15, 0.2) is 53.4 Å². The van der Waals surface area contributed by atoms with Crippen LogP contribution in [0.5, 0.6) is 0 Å². The molecule has 1 aromatic carbocycles. The Balaban J connectivity index is 1.32. The lowest BCUT2D eigenvalue weighted by Crippen LogP contribution is -2.49. The van der Waals surface area contributed by atoms with Crippen molar-refractivity contribution in [3.8, 4) is 10.6 Å². The lowest BCUT2D eigenvalue weighted by atomic mass is 10.2. The largest absolute Gasteiger partial charge is 0.368 e. The van der Waals surface area contributed by atoms with E-state index < -0.39 is 0 Å². The van der Waals surface area contributed by atoms with Gasteiger partial charge >= 0.3 is 0 Å². The van der Waals surface area contributed by atoms with Gasteiger partial charge in [-0.1, -0.05) is 6.07 Å². The van der Waals surface area contributed by atoms with Crippen LogP contribution < -0.4 is 4.90 Å². The summed E-state index contributed by atoms with van der Waals surface area (Å²) in [5.74, 6) is -0.207. The van der Waals surface area contributed by atoms with Gasteiger partial charge in [0, 0.05) is 43.4 Å². The highest BCUT2D eigenvalue weighted by Gasteiger charge is 2.25. The molecule has 28 heavy (non-hydrogen) atoms. The highest BCUT2D eigenvalue weighted by molar-refractivity contribution is 7.15. The molecule has 1 fully saturated rings. The number of rotatable bonds is 3. The maximum atomic E-state index is 13.1. The summed E-state index contributed by atoms with van der Waals surface area (Å²) in [7, 11) is 0. The number of fused-ring (bicyclic) bond motifs is 1. The van der Waals surface area contributed by atoms with Crippen molar-refractivity contribution >= 4 is 39.2 Å². The number of amides is 1. The molecule has 4 aromatic rings. The number of carbonyl (C=O) groups is 1. The van der Waals surface area contributed by atoms with E-state index in [-0.39, 0.29) is 11.7 Å². The van der Waals surface area contributed by atoms with Crippen molar-refractivity contribution in [1.82, 2.24) is 14.3 Å². The molecule has 0 radical (unpaired) electrons. The number of hydrogen-bond acceptors (Lipinski definition) is 5. The van der Waals surface area contributed by atoms with Crippen LogP contribution in [0.1, 0.15) is 10.5 Å². The molecule has 8 heteroatoms. The van der Waals surface area contributed by atoms with Crippen LogP contribution in [0.4, 0.5) is 10.1 Å². The van der Waals surface area contributed by atoms with Crippen LogP contribution in [0, 0.1) is 5.82 Å². The van der Waals surface area contributed by atoms with Crippen LogP contribution in [-0.4, -0.2) is 46.4 Å². The quantitative estimate of drug-likeness (QED) is 0.506. The highest BCUT2D eigenvalue weighted by Crippen LogP contribution is 2.27. The lowest BCUT2D eigenvalue weighted by Gasteiger charge is -2.36. The van der Waals surface area contributed by atoms with E-state index in [4.69, 9.17) is 0 Å². The SMILES string of the molecule is O=C(c1csc2nc(-c3cccs3)cn12)N1CCN(c2ccc(F)cc2)CC1. The molecule has 4 heterocycles. The van der Waals surface area contributed by atoms with Crippen molar-refractivity contribution in [1.29, 1.82) is 0 Å². The smallest absolute Gasteiger partial charge is 0.271 e. The van der Waals surface area contributed by atoms with Crippen molar-refractivity contribution in [3.63, 3.8) is 0 Å². The highest BCUT2D eigenvalue weighted by atomic mass is 32.1. The van der Waals surface area contributed by atoms with E-state index in [2.05, 4.69) is 9.88 Å². The van der Waals surface area contributed by atoms with Crippen LogP contribution in [0.3, 0.4) is 0 Å². The van der Waals surface area contributed by atoms with Crippen LogP contribution >= 0.6 is 22.7 Å². The summed E-state index contributed by atoms with van der Waals surface area (Å²) in [6.07, 6.45) is 1.94. The van der Waals surface area contributed by atoms with Crippen molar-refractivity contribution in [2.75, 3.05) is 31.1 Å². The Bertz CT molecular complexity index is 1110. The molecule has 1 amide bonds. The van der Waals surface area contributed by atoms with E-state index >= 15 is 0 Å². The second kappa shape index (κ2) is 7.03. The Morgan fingerprint density at radius 3 is 2.54 bits per heavy atom. The number of piperazine rings is 1. The predicted molar refractivity (Wildman–Crippen MR) is 111 cm³/mol. The number of thiazole rings is 1. The summed E-state index contributed by atoms with van der Waals surface area (Å²) in [4.78, 5) is 23.7. The molecular weight excluding hydrogens is 395 g/mol. The van der Waals surface area contributed by atoms with Gasteiger partial charge in [0.25, 0.3) is 5.91 Å². The molecule has 1 aliphatic rings. The van der Waals surface area contributed by atoms with Gasteiger partial charge < -0.3 is 9.80 Å². The summed E-state index contributed by atoms with van der Waals surface area (Å²) in [6.45, 7) is 2.74. The number of halogens is 1. The molecule has 1 saturated heterocycles. The average Bonchev–Trinajstić information content (AvgIpc) is 3.45. The van der Waals surface area contributed by atoms with Crippen molar-refractivity contribution in [2.24, 2.45) is 0 Å². The third-order valence-corrected chi connectivity index (χ3v) is 6.69. The minimum Gasteiger partial charge on any atom is -0.368 e. The fraction of sp³-hybridized carbons (Fsp3) is 0.200. The summed E-state index contributed by atoms with van der Waals surface area (Å²) >= 11 is 3.13. The van der Waals surface area contributed by atoms with E-state index in [1.54, 1.807) is 23.5 Å². The molecule has 0 spiro atoms. The zero-order valence-electron chi connectivity index (χ0n) is 14.9. The molecule has 0 aliphatic carbocycles. The molecular formula is C20H17FN4OS2. The molecule has 5 nitrogen and oxygen atoms in total. The van der Waals surface area contributed by atoms with Gasteiger partial charge in [-0.3, -0.25) is 9.20 Å². The summed E-state index contributed by atoms with van der Waals surface area (Å²) in [6, 6.07) is 10.5. The second-order valence-corrected chi connectivity index (χ2v) is 8.42. The number of aromatic nitrogens is 2. The van der Waals surface area contributed by atoms with E-state index in [0.29, 0.717) is 18.8 Å². The topological polar surface area (TPSA) is 40.9 Å². The first-order chi connectivity index (χ1) is 13.7. The van der Waals surface area contributed by atoms with Crippen LogP contribution in [0.25, 0.3) is 15.5 Å². The zero-order chi connectivity index (χ0) is 19.1. The summed E-state index contributed by atoms with van der Waals surface area (Å²) < 4.78 is 15.0. The Hall–Kier alpha value is -2.71. The first-order valence-corrected chi connectivity index (χ1v) is 10.8. The summed E-state index contributed by atoms with van der Waals surface area (Å²) in [5.41, 5.74) is 2.55. The number of thiophene rings is 1. The van der Waals surface area contributed by atoms with E-state index in [0.717, 1.165) is 34.3 Å². The minimum absolute atomic E-state index is 0.0279. The van der Waals surface area contributed by atoms with Crippen LogP contribution in [-0.2, 0) is 0 Å². The molecule has 1 aliphatic heterocycles. The van der Waals surface area contributed by atoms with Crippen molar-refractivity contribution in [2.45, 2.75) is 0 Å². The molecule has 0 saturated carbocycles. The molecule has 0 atom stereocenters. The Morgan fingerprint density at radius 1 is 1.04 bits per heavy atom. The zero-order valence-corrected chi connectivity index (χ0v) is 16.5. The fourth-order valence-corrected chi connectivity index (χ4v) is 4.99. The molecule has 3 aromatic heterocycles. The van der Waals surface area contributed by atoms with Crippen molar-refractivity contribution in [3.05, 3.63) is 64.9 Å². The van der Waals surface area contributed by atoms with Gasteiger partial charge in [0.05, 0.1) is 4.88 Å². The predicted octanol–water partition coefficient (Wildman–Crippen LogP) is 4.23. The molecule has 142 valence electrons. The second-order valence-electron chi connectivity index (χ2n) is 6.63. The Morgan fingerprint density at radius 2 is 1.82 bits per heavy atom. The lowest BCUT2D eigenvalue weighted by molar-refractivity contribution is 0.0740. The first-order valence-electron chi connectivity index (χ1n) is 8.99. The minimum atomic E-state index is -0.235. The summed E-state index contributed by atoms with van der Waals surface area (Å²) in [5, 5.41) is 3.91. The monoisotopic (exact) mass is 412 g/mol.